The fourth-order valence-electron chi connectivity index (χ4n) is 2.01. The van der Waals surface area contributed by atoms with E-state index >= 15 is 0 Å². The lowest BCUT2D eigenvalue weighted by Gasteiger charge is -2.14. The van der Waals surface area contributed by atoms with Crippen LogP contribution >= 0.6 is 0 Å². The largest absolute Gasteiger partial charge is 0.478 e. The highest BCUT2D eigenvalue weighted by Gasteiger charge is 2.18. The summed E-state index contributed by atoms with van der Waals surface area (Å²) in [6, 6.07) is 3.01. The van der Waals surface area contributed by atoms with E-state index in [-0.39, 0.29) is 23.6 Å². The van der Waals surface area contributed by atoms with Gasteiger partial charge in [0.1, 0.15) is 0 Å². The Hall–Kier alpha value is -2.48. The minimum absolute atomic E-state index is 0.0154. The van der Waals surface area contributed by atoms with Gasteiger partial charge in [-0.25, -0.2) is 4.79 Å². The summed E-state index contributed by atoms with van der Waals surface area (Å²) >= 11 is 0. The molecule has 0 aliphatic heterocycles. The quantitative estimate of drug-likeness (QED) is 0.516. The second-order valence-corrected chi connectivity index (χ2v) is 5.23. The molecule has 8 heteroatoms. The van der Waals surface area contributed by atoms with Crippen LogP contribution in [0.4, 0.5) is 5.69 Å². The number of amides is 1. The Bertz CT molecular complexity index is 552. The number of aliphatic hydroxyl groups is 1. The Labute approximate surface area is 126 Å². The van der Waals surface area contributed by atoms with Crippen molar-refractivity contribution in [3.63, 3.8) is 0 Å². The average molecular weight is 310 g/mol. The first-order chi connectivity index (χ1) is 10.2. The number of aliphatic hydroxyl groups excluding tert-OH is 1. The lowest BCUT2D eigenvalue weighted by molar-refractivity contribution is -0.384. The summed E-state index contributed by atoms with van der Waals surface area (Å²) in [6.45, 7) is 3.75. The number of hydrogen-bond donors (Lipinski definition) is 3. The van der Waals surface area contributed by atoms with Gasteiger partial charge in [0.2, 0.25) is 0 Å². The molecule has 1 aromatic carbocycles. The molecule has 8 nitrogen and oxygen atoms in total. The van der Waals surface area contributed by atoms with Gasteiger partial charge >= 0.3 is 5.97 Å². The predicted molar refractivity (Wildman–Crippen MR) is 77.9 cm³/mol. The first-order valence-electron chi connectivity index (χ1n) is 6.69. The fraction of sp³-hybridized carbons (Fsp3) is 0.429. The van der Waals surface area contributed by atoms with Crippen LogP contribution < -0.4 is 5.32 Å². The molecule has 2 unspecified atom stereocenters. The second kappa shape index (κ2) is 7.51. The van der Waals surface area contributed by atoms with E-state index in [1.54, 1.807) is 6.92 Å². The SMILES string of the molecule is CC(O)CC(C)CNC(=O)c1cc(C(=O)O)cc([N+](=O)[O-])c1. The van der Waals surface area contributed by atoms with E-state index in [4.69, 9.17) is 5.11 Å². The highest BCUT2D eigenvalue weighted by molar-refractivity contribution is 5.98. The number of nitro groups is 1. The van der Waals surface area contributed by atoms with E-state index in [2.05, 4.69) is 5.32 Å². The number of non-ortho nitro benzene ring substituents is 1. The molecule has 0 radical (unpaired) electrons. The summed E-state index contributed by atoms with van der Waals surface area (Å²) in [5.74, 6) is -1.93. The van der Waals surface area contributed by atoms with E-state index in [0.717, 1.165) is 18.2 Å². The number of hydrogen-bond acceptors (Lipinski definition) is 5. The lowest BCUT2D eigenvalue weighted by Crippen LogP contribution is -2.29. The average Bonchev–Trinajstić information content (AvgIpc) is 2.43. The van der Waals surface area contributed by atoms with Crippen molar-refractivity contribution in [3.05, 3.63) is 39.4 Å². The summed E-state index contributed by atoms with van der Waals surface area (Å²) in [5, 5.41) is 31.5. The third-order valence-corrected chi connectivity index (χ3v) is 2.99. The molecule has 0 heterocycles. The van der Waals surface area contributed by atoms with E-state index in [0.29, 0.717) is 6.42 Å². The van der Waals surface area contributed by atoms with Crippen LogP contribution in [-0.4, -0.2) is 39.7 Å². The number of carbonyl (C=O) groups excluding carboxylic acids is 1. The summed E-state index contributed by atoms with van der Waals surface area (Å²) in [6.07, 6.45) is -0.00129. The van der Waals surface area contributed by atoms with Crippen molar-refractivity contribution in [2.45, 2.75) is 26.4 Å². The molecule has 1 rings (SSSR count). The van der Waals surface area contributed by atoms with Gasteiger partial charge in [-0.15, -0.1) is 0 Å². The first kappa shape index (κ1) is 17.6. The number of carboxylic acid groups (broad SMARTS) is 1. The van der Waals surface area contributed by atoms with Gasteiger partial charge in [-0.1, -0.05) is 6.92 Å². The van der Waals surface area contributed by atoms with Gasteiger partial charge in [0, 0.05) is 24.2 Å². The number of nitrogens with zero attached hydrogens (tertiary/aromatic N) is 1. The van der Waals surface area contributed by atoms with Crippen molar-refractivity contribution in [1.29, 1.82) is 0 Å². The smallest absolute Gasteiger partial charge is 0.335 e. The number of aromatic carboxylic acids is 1. The van der Waals surface area contributed by atoms with E-state index < -0.39 is 28.6 Å². The minimum atomic E-state index is -1.35. The number of carboxylic acids is 1. The molecule has 0 bridgehead atoms. The first-order valence-corrected chi connectivity index (χ1v) is 6.69. The molecule has 22 heavy (non-hydrogen) atoms. The molecule has 0 spiro atoms. The molecule has 3 N–H and O–H groups in total. The van der Waals surface area contributed by atoms with Gasteiger partial charge in [-0.05, 0) is 25.3 Å². The maximum Gasteiger partial charge on any atom is 0.335 e. The van der Waals surface area contributed by atoms with E-state index in [1.165, 1.54) is 0 Å². The van der Waals surface area contributed by atoms with Crippen LogP contribution in [0.1, 0.15) is 41.0 Å². The van der Waals surface area contributed by atoms with Crippen LogP contribution in [0.3, 0.4) is 0 Å². The highest BCUT2D eigenvalue weighted by Crippen LogP contribution is 2.17. The van der Waals surface area contributed by atoms with Crippen molar-refractivity contribution in [2.24, 2.45) is 5.92 Å². The maximum absolute atomic E-state index is 12.0. The number of benzene rings is 1. The fourth-order valence-corrected chi connectivity index (χ4v) is 2.01. The van der Waals surface area contributed by atoms with Gasteiger partial charge in [0.25, 0.3) is 11.6 Å². The summed E-state index contributed by atoms with van der Waals surface area (Å²) in [4.78, 5) is 33.0. The Balaban J connectivity index is 2.88. The van der Waals surface area contributed by atoms with Crippen molar-refractivity contribution in [1.82, 2.24) is 5.32 Å². The third-order valence-electron chi connectivity index (χ3n) is 2.99. The van der Waals surface area contributed by atoms with Crippen molar-refractivity contribution in [2.75, 3.05) is 6.54 Å². The van der Waals surface area contributed by atoms with E-state index in [9.17, 15) is 24.8 Å². The minimum Gasteiger partial charge on any atom is -0.478 e. The molecule has 120 valence electrons. The van der Waals surface area contributed by atoms with Gasteiger partial charge in [0.05, 0.1) is 16.6 Å². The molecule has 0 aliphatic carbocycles. The molecular formula is C14H18N2O6. The predicted octanol–water partition coefficient (Wildman–Crippen LogP) is 1.43. The standard InChI is InChI=1S/C14H18N2O6/c1-8(3-9(2)17)7-15-13(18)10-4-11(14(19)20)6-12(5-10)16(21)22/h4-6,8-9,17H,3,7H2,1-2H3,(H,15,18)(H,19,20). The van der Waals surface area contributed by atoms with Crippen molar-refractivity contribution >= 4 is 17.6 Å². The van der Waals surface area contributed by atoms with Crippen LogP contribution in [0, 0.1) is 16.0 Å². The monoisotopic (exact) mass is 310 g/mol. The zero-order valence-corrected chi connectivity index (χ0v) is 12.3. The zero-order valence-electron chi connectivity index (χ0n) is 12.3. The van der Waals surface area contributed by atoms with Crippen LogP contribution in [0.2, 0.25) is 0 Å². The molecule has 2 atom stereocenters. The molecule has 1 aromatic rings. The topological polar surface area (TPSA) is 130 Å². The van der Waals surface area contributed by atoms with E-state index in [1.807, 2.05) is 6.92 Å². The molecule has 1 amide bonds. The van der Waals surface area contributed by atoms with Gasteiger partial charge in [0.15, 0.2) is 0 Å². The summed E-state index contributed by atoms with van der Waals surface area (Å²) in [7, 11) is 0. The maximum atomic E-state index is 12.0. The molecule has 0 fully saturated rings. The normalized spacial score (nSPS) is 13.2. The molecule has 0 aromatic heterocycles. The Morgan fingerprint density at radius 1 is 1.27 bits per heavy atom. The van der Waals surface area contributed by atoms with Crippen LogP contribution in [0.15, 0.2) is 18.2 Å². The van der Waals surface area contributed by atoms with Crippen LogP contribution in [0.5, 0.6) is 0 Å². The molecule has 0 saturated heterocycles. The van der Waals surface area contributed by atoms with Gasteiger partial charge in [-0.3, -0.25) is 14.9 Å². The van der Waals surface area contributed by atoms with Gasteiger partial charge in [-0.2, -0.15) is 0 Å². The summed E-state index contributed by atoms with van der Waals surface area (Å²) < 4.78 is 0. The van der Waals surface area contributed by atoms with Crippen LogP contribution in [-0.2, 0) is 0 Å². The molecule has 0 saturated carbocycles. The van der Waals surface area contributed by atoms with Crippen molar-refractivity contribution in [3.8, 4) is 0 Å². The third kappa shape index (κ3) is 5.13. The Morgan fingerprint density at radius 3 is 2.36 bits per heavy atom. The van der Waals surface area contributed by atoms with Gasteiger partial charge < -0.3 is 15.5 Å². The molecular weight excluding hydrogens is 292 g/mol. The zero-order chi connectivity index (χ0) is 16.9. The summed E-state index contributed by atoms with van der Waals surface area (Å²) in [5.41, 5.74) is -0.866. The number of rotatable bonds is 7. The lowest BCUT2D eigenvalue weighted by atomic mass is 10.0. The highest BCUT2D eigenvalue weighted by atomic mass is 16.6. The molecule has 0 aliphatic rings. The number of carbonyl (C=O) groups is 2. The number of nitro benzene ring substituents is 1. The Kier molecular flexibility index (Phi) is 6.00. The Morgan fingerprint density at radius 2 is 1.86 bits per heavy atom. The number of nitrogens with one attached hydrogen (secondary N) is 1. The van der Waals surface area contributed by atoms with Crippen LogP contribution in [0.25, 0.3) is 0 Å². The second-order valence-electron chi connectivity index (χ2n) is 5.23. The van der Waals surface area contributed by atoms with Crippen molar-refractivity contribution < 1.29 is 24.7 Å².